The number of nitrogens with zero attached hydrogens (tertiary/aromatic N) is 5. The van der Waals surface area contributed by atoms with E-state index >= 15 is 4.39 Å². The van der Waals surface area contributed by atoms with E-state index in [1.54, 1.807) is 9.80 Å². The number of hydrogen-bond acceptors (Lipinski definition) is 8. The fraction of sp³-hybridized carbons (Fsp3) is 0.424. The van der Waals surface area contributed by atoms with E-state index in [4.69, 9.17) is 18.6 Å². The van der Waals surface area contributed by atoms with Gasteiger partial charge in [-0.3, -0.25) is 9.88 Å². The van der Waals surface area contributed by atoms with Crippen molar-refractivity contribution in [3.8, 4) is 35.4 Å². The lowest BCUT2D eigenvalue weighted by molar-refractivity contribution is 0.107. The summed E-state index contributed by atoms with van der Waals surface area (Å²) in [7, 11) is 0. The molecule has 4 aromatic rings. The highest BCUT2D eigenvalue weighted by molar-refractivity contribution is 6.03. The Balaban J connectivity index is 1.32. The number of ether oxygens (including phenoxy) is 2. The Bertz CT molecular complexity index is 2000. The van der Waals surface area contributed by atoms with Crippen molar-refractivity contribution in [1.82, 2.24) is 19.9 Å². The van der Waals surface area contributed by atoms with Gasteiger partial charge in [-0.1, -0.05) is 12.0 Å². The van der Waals surface area contributed by atoms with Crippen molar-refractivity contribution >= 4 is 27.5 Å². The summed E-state index contributed by atoms with van der Waals surface area (Å²) < 4.78 is 90.7. The molecule has 45 heavy (non-hydrogen) atoms. The topological polar surface area (TPSA) is 83.8 Å². The van der Waals surface area contributed by atoms with E-state index in [-0.39, 0.29) is 77.4 Å². The lowest BCUT2D eigenvalue weighted by atomic mass is 9.95. The lowest BCUT2D eigenvalue weighted by Gasteiger charge is -2.31. The van der Waals surface area contributed by atoms with E-state index in [2.05, 4.69) is 20.9 Å². The third-order valence-corrected chi connectivity index (χ3v) is 9.48. The molecule has 5 heterocycles. The molecule has 0 radical (unpaired) electrons. The van der Waals surface area contributed by atoms with Crippen molar-refractivity contribution in [2.24, 2.45) is 5.92 Å². The van der Waals surface area contributed by atoms with Crippen molar-refractivity contribution in [3.05, 3.63) is 47.7 Å². The average Bonchev–Trinajstić information content (AvgIpc) is 3.39. The van der Waals surface area contributed by atoms with Crippen LogP contribution in [0.2, 0.25) is 0 Å². The number of aromatic hydroxyl groups is 1. The van der Waals surface area contributed by atoms with Gasteiger partial charge in [-0.2, -0.15) is 9.97 Å². The molecule has 2 aromatic heterocycles. The van der Waals surface area contributed by atoms with Crippen molar-refractivity contribution in [1.29, 1.82) is 0 Å². The summed E-state index contributed by atoms with van der Waals surface area (Å²) in [5.74, 6) is -0.0278. The van der Waals surface area contributed by atoms with Crippen molar-refractivity contribution < 1.29 is 34.9 Å². The first kappa shape index (κ1) is 26.1. The second-order valence-corrected chi connectivity index (χ2v) is 12.1. The van der Waals surface area contributed by atoms with E-state index in [1.807, 2.05) is 0 Å². The highest BCUT2D eigenvalue weighted by atomic mass is 19.1. The Labute approximate surface area is 258 Å². The third-order valence-electron chi connectivity index (χ3n) is 9.48. The summed E-state index contributed by atoms with van der Waals surface area (Å²) in [4.78, 5) is 16.6. The Morgan fingerprint density at radius 1 is 1.22 bits per heavy atom. The number of alkyl halides is 2. The van der Waals surface area contributed by atoms with E-state index in [9.17, 15) is 18.3 Å². The molecule has 8 nitrogen and oxygen atoms in total. The van der Waals surface area contributed by atoms with Crippen LogP contribution >= 0.6 is 0 Å². The minimum Gasteiger partial charge on any atom is -0.508 e. The monoisotopic (exact) mass is 621 g/mol. The molecule has 0 amide bonds. The fourth-order valence-electron chi connectivity index (χ4n) is 7.31. The highest BCUT2D eigenvalue weighted by Crippen LogP contribution is 2.46. The lowest BCUT2D eigenvalue weighted by Crippen LogP contribution is -2.43. The van der Waals surface area contributed by atoms with Crippen LogP contribution in [-0.4, -0.2) is 88.3 Å². The zero-order valence-electron chi connectivity index (χ0n) is 25.9. The summed E-state index contributed by atoms with van der Waals surface area (Å²) >= 11 is 0. The number of rotatable bonds is 5. The maximum absolute atomic E-state index is 16.8. The number of hydrogen-bond donors (Lipinski definition) is 1. The molecule has 1 saturated carbocycles. The molecule has 4 aliphatic rings. The third kappa shape index (κ3) is 4.47. The smallest absolute Gasteiger partial charge is 0.319 e. The SMILES string of the molecule is [2H]C([2H])(Oc1nc(N2CCOC[C@H]3[C@H](F)[C@H]32)c2cnc(-c3cc(O)cc4ccc(F)c(C#C)c34)c(F)c2n1)[C@@]12CCCN1C[C@H](F)C2. The molecule has 1 aliphatic carbocycles. The summed E-state index contributed by atoms with van der Waals surface area (Å²) in [6.45, 7) is -1.26. The van der Waals surface area contributed by atoms with Gasteiger partial charge in [0.1, 0.15) is 47.5 Å². The molecule has 0 spiro atoms. The Hall–Kier alpha value is -4.21. The maximum atomic E-state index is 16.8. The number of benzene rings is 2. The number of aromatic nitrogens is 3. The van der Waals surface area contributed by atoms with Crippen LogP contribution in [0, 0.1) is 29.9 Å². The van der Waals surface area contributed by atoms with Crippen LogP contribution in [0.4, 0.5) is 23.4 Å². The molecule has 12 heteroatoms. The van der Waals surface area contributed by atoms with Gasteiger partial charge in [0.05, 0.1) is 38.5 Å². The standard InChI is InChI=1S/C33H29F4N5O3/c1-2-20-24(35)5-4-17-10-19(43)11-21(25(17)20)28-27(37)29-22(13-38-28)31(42-8-9-44-15-23-26(36)30(23)42)40-32(39-29)45-16-33-6-3-7-41(33)14-18(34)12-33/h1,4-5,10-11,13,18,23,26,30,43H,3,6-9,12,14-16H2/t18-,23+,26+,30+,33+/m1/s1/i16D2. The molecular weight excluding hydrogens is 590 g/mol. The average molecular weight is 622 g/mol. The predicted molar refractivity (Wildman–Crippen MR) is 159 cm³/mol. The minimum absolute atomic E-state index is 0.000471. The molecule has 2 aromatic carbocycles. The van der Waals surface area contributed by atoms with Crippen LogP contribution in [0.3, 0.4) is 0 Å². The molecule has 0 bridgehead atoms. The van der Waals surface area contributed by atoms with Gasteiger partial charge in [0.15, 0.2) is 5.82 Å². The van der Waals surface area contributed by atoms with Crippen LogP contribution in [-0.2, 0) is 4.74 Å². The van der Waals surface area contributed by atoms with Crippen molar-refractivity contribution in [2.45, 2.75) is 43.2 Å². The molecule has 232 valence electrons. The zero-order valence-corrected chi connectivity index (χ0v) is 23.9. The first-order valence-electron chi connectivity index (χ1n) is 15.9. The van der Waals surface area contributed by atoms with Gasteiger partial charge in [0, 0.05) is 42.6 Å². The van der Waals surface area contributed by atoms with Crippen LogP contribution < -0.4 is 9.64 Å². The minimum atomic E-state index is -2.48. The predicted octanol–water partition coefficient (Wildman–Crippen LogP) is 4.94. The van der Waals surface area contributed by atoms with Crippen molar-refractivity contribution in [3.63, 3.8) is 0 Å². The summed E-state index contributed by atoms with van der Waals surface area (Å²) in [6, 6.07) is 3.99. The first-order chi connectivity index (χ1) is 22.5. The number of pyridine rings is 1. The zero-order chi connectivity index (χ0) is 32.8. The fourth-order valence-corrected chi connectivity index (χ4v) is 7.31. The molecule has 3 aliphatic heterocycles. The van der Waals surface area contributed by atoms with Crippen molar-refractivity contribution in [2.75, 3.05) is 44.3 Å². The first-order valence-corrected chi connectivity index (χ1v) is 14.9. The highest BCUT2D eigenvalue weighted by Gasteiger charge is 2.56. The second-order valence-electron chi connectivity index (χ2n) is 12.1. The molecular formula is C33H29F4N5O3. The molecule has 3 saturated heterocycles. The van der Waals surface area contributed by atoms with E-state index in [0.29, 0.717) is 24.8 Å². The number of fused-ring (bicyclic) bond motifs is 4. The van der Waals surface area contributed by atoms with Gasteiger partial charge < -0.3 is 19.5 Å². The van der Waals surface area contributed by atoms with Gasteiger partial charge >= 0.3 is 6.01 Å². The van der Waals surface area contributed by atoms with Gasteiger partial charge in [-0.15, -0.1) is 6.42 Å². The maximum Gasteiger partial charge on any atom is 0.319 e. The number of phenolic OH excluding ortho intramolecular Hbond substituents is 1. The molecule has 5 atom stereocenters. The number of anilines is 1. The Kier molecular flexibility index (Phi) is 6.03. The van der Waals surface area contributed by atoms with Crippen LogP contribution in [0.15, 0.2) is 30.5 Å². The number of phenols is 1. The Morgan fingerprint density at radius 2 is 2.09 bits per heavy atom. The summed E-state index contributed by atoms with van der Waals surface area (Å²) in [6.07, 6.45) is 5.37. The molecule has 1 N–H and O–H groups in total. The quantitative estimate of drug-likeness (QED) is 0.248. The second kappa shape index (κ2) is 10.4. The van der Waals surface area contributed by atoms with Gasteiger partial charge in [0.2, 0.25) is 0 Å². The van der Waals surface area contributed by atoms with E-state index in [1.165, 1.54) is 24.4 Å². The number of terminal acetylenes is 1. The van der Waals surface area contributed by atoms with Gasteiger partial charge in [-0.05, 0) is 43.0 Å². The van der Waals surface area contributed by atoms with Crippen LogP contribution in [0.1, 0.15) is 27.6 Å². The normalized spacial score (nSPS) is 28.7. The van der Waals surface area contributed by atoms with Gasteiger partial charge in [-0.25, -0.2) is 17.6 Å². The summed E-state index contributed by atoms with van der Waals surface area (Å²) in [5.41, 5.74) is -2.07. The van der Waals surface area contributed by atoms with Gasteiger partial charge in [0.25, 0.3) is 0 Å². The molecule has 4 fully saturated rings. The largest absolute Gasteiger partial charge is 0.508 e. The van der Waals surface area contributed by atoms with Crippen LogP contribution in [0.25, 0.3) is 32.9 Å². The Morgan fingerprint density at radius 3 is 2.93 bits per heavy atom. The van der Waals surface area contributed by atoms with E-state index < -0.39 is 54.0 Å². The van der Waals surface area contributed by atoms with E-state index in [0.717, 1.165) is 6.07 Å². The summed E-state index contributed by atoms with van der Waals surface area (Å²) in [5, 5.41) is 11.1. The molecule has 8 rings (SSSR count). The van der Waals surface area contributed by atoms with Crippen LogP contribution in [0.5, 0.6) is 11.8 Å². The number of halogens is 4. The molecule has 0 unspecified atom stereocenters.